The summed E-state index contributed by atoms with van der Waals surface area (Å²) in [6, 6.07) is 13.3. The Morgan fingerprint density at radius 2 is 2.10 bits per heavy atom. The number of halogens is 1. The first-order valence-corrected chi connectivity index (χ1v) is 7.36. The molecular weight excluding hydrogens is 265 g/mol. The predicted octanol–water partition coefficient (Wildman–Crippen LogP) is 3.82. The van der Waals surface area contributed by atoms with Gasteiger partial charge in [0.05, 0.1) is 6.61 Å². The van der Waals surface area contributed by atoms with Crippen molar-refractivity contribution in [3.8, 4) is 5.75 Å². The van der Waals surface area contributed by atoms with Crippen LogP contribution >= 0.6 is 0 Å². The Hall–Kier alpha value is -1.87. The van der Waals surface area contributed by atoms with Crippen LogP contribution < -0.4 is 10.1 Å². The van der Waals surface area contributed by atoms with Gasteiger partial charge in [0.25, 0.3) is 0 Å². The van der Waals surface area contributed by atoms with E-state index >= 15 is 0 Å². The Morgan fingerprint density at radius 3 is 2.86 bits per heavy atom. The fraction of sp³-hybridized carbons (Fsp3) is 0.333. The summed E-state index contributed by atoms with van der Waals surface area (Å²) in [5, 5.41) is 3.13. The van der Waals surface area contributed by atoms with E-state index in [-0.39, 0.29) is 11.9 Å². The number of fused-ring (bicyclic) bond motifs is 1. The van der Waals surface area contributed by atoms with E-state index in [0.717, 1.165) is 17.7 Å². The van der Waals surface area contributed by atoms with Crippen LogP contribution in [0.2, 0.25) is 0 Å². The van der Waals surface area contributed by atoms with Gasteiger partial charge in [-0.25, -0.2) is 4.39 Å². The van der Waals surface area contributed by atoms with Crippen LogP contribution in [-0.4, -0.2) is 13.7 Å². The quantitative estimate of drug-likeness (QED) is 0.901. The molecule has 2 atom stereocenters. The Labute approximate surface area is 125 Å². The predicted molar refractivity (Wildman–Crippen MR) is 82.3 cm³/mol. The molecule has 21 heavy (non-hydrogen) atoms. The maximum absolute atomic E-state index is 13.4. The fourth-order valence-electron chi connectivity index (χ4n) is 2.85. The third-order valence-electron chi connectivity index (χ3n) is 4.27. The molecule has 2 nitrogen and oxygen atoms in total. The van der Waals surface area contributed by atoms with Crippen molar-refractivity contribution in [2.75, 3.05) is 13.7 Å². The smallest absolute Gasteiger partial charge is 0.124 e. The van der Waals surface area contributed by atoms with Crippen molar-refractivity contribution in [1.82, 2.24) is 5.32 Å². The van der Waals surface area contributed by atoms with Crippen molar-refractivity contribution in [3.63, 3.8) is 0 Å². The van der Waals surface area contributed by atoms with Crippen molar-refractivity contribution in [2.45, 2.75) is 25.3 Å². The molecule has 0 heterocycles. The number of hydrogen-bond acceptors (Lipinski definition) is 2. The van der Waals surface area contributed by atoms with Gasteiger partial charge in [0.1, 0.15) is 11.6 Å². The molecule has 0 fully saturated rings. The molecule has 0 saturated carbocycles. The summed E-state index contributed by atoms with van der Waals surface area (Å²) in [5.41, 5.74) is 3.65. The summed E-state index contributed by atoms with van der Waals surface area (Å²) in [6.07, 6.45) is 1.06. The van der Waals surface area contributed by atoms with Crippen molar-refractivity contribution in [1.29, 1.82) is 0 Å². The van der Waals surface area contributed by atoms with Crippen LogP contribution in [0.1, 0.15) is 35.6 Å². The van der Waals surface area contributed by atoms with Crippen LogP contribution in [0.4, 0.5) is 4.39 Å². The molecular formula is C18H20FNO. The monoisotopic (exact) mass is 285 g/mol. The third-order valence-corrected chi connectivity index (χ3v) is 4.27. The highest BCUT2D eigenvalue weighted by Crippen LogP contribution is 2.36. The Bertz CT molecular complexity index is 641. The Morgan fingerprint density at radius 1 is 1.29 bits per heavy atom. The highest BCUT2D eigenvalue weighted by atomic mass is 19.1. The van der Waals surface area contributed by atoms with Crippen LogP contribution in [-0.2, 0) is 6.42 Å². The summed E-state index contributed by atoms with van der Waals surface area (Å²) in [5.74, 6) is 0.986. The molecule has 0 amide bonds. The molecule has 2 aromatic carbocycles. The molecule has 2 aromatic rings. The summed E-state index contributed by atoms with van der Waals surface area (Å²) in [4.78, 5) is 0. The molecule has 1 N–H and O–H groups in total. The molecule has 0 saturated heterocycles. The summed E-state index contributed by atoms with van der Waals surface area (Å²) in [6.45, 7) is 2.65. The standard InChI is InChI=1S/C18H20FNO/c1-12(20-2)17-10-15(19)7-8-18(17)21-11-14-9-13-5-3-4-6-16(13)14/h3-8,10,12,14,20H,9,11H2,1-2H3. The van der Waals surface area contributed by atoms with Crippen molar-refractivity contribution >= 4 is 0 Å². The van der Waals surface area contributed by atoms with Gasteiger partial charge in [-0.15, -0.1) is 0 Å². The lowest BCUT2D eigenvalue weighted by Crippen LogP contribution is -2.23. The molecule has 0 aromatic heterocycles. The second-order valence-electron chi connectivity index (χ2n) is 5.60. The largest absolute Gasteiger partial charge is 0.493 e. The SMILES string of the molecule is CNC(C)c1cc(F)ccc1OCC1Cc2ccccc21. The zero-order chi connectivity index (χ0) is 14.8. The molecule has 110 valence electrons. The first-order valence-electron chi connectivity index (χ1n) is 7.36. The maximum atomic E-state index is 13.4. The number of ether oxygens (including phenoxy) is 1. The van der Waals surface area contributed by atoms with E-state index < -0.39 is 0 Å². The lowest BCUT2D eigenvalue weighted by atomic mass is 9.78. The molecule has 0 radical (unpaired) electrons. The second kappa shape index (κ2) is 5.86. The maximum Gasteiger partial charge on any atom is 0.124 e. The number of nitrogens with one attached hydrogen (secondary N) is 1. The molecule has 2 unspecified atom stereocenters. The number of rotatable bonds is 5. The molecule has 0 spiro atoms. The van der Waals surface area contributed by atoms with Crippen LogP contribution in [0.25, 0.3) is 0 Å². The topological polar surface area (TPSA) is 21.3 Å². The van der Waals surface area contributed by atoms with Crippen LogP contribution in [0.5, 0.6) is 5.75 Å². The van der Waals surface area contributed by atoms with Crippen molar-refractivity contribution in [2.24, 2.45) is 0 Å². The van der Waals surface area contributed by atoms with Crippen molar-refractivity contribution in [3.05, 3.63) is 65.0 Å². The van der Waals surface area contributed by atoms with Crippen LogP contribution in [0.3, 0.4) is 0 Å². The van der Waals surface area contributed by atoms with Gasteiger partial charge in [-0.05, 0) is 49.7 Å². The summed E-state index contributed by atoms with van der Waals surface area (Å²) in [7, 11) is 1.86. The first kappa shape index (κ1) is 14.1. The van der Waals surface area contributed by atoms with E-state index in [2.05, 4.69) is 29.6 Å². The minimum Gasteiger partial charge on any atom is -0.493 e. The lowest BCUT2D eigenvalue weighted by Gasteiger charge is -2.30. The van der Waals surface area contributed by atoms with Crippen molar-refractivity contribution < 1.29 is 9.13 Å². The van der Waals surface area contributed by atoms with Gasteiger partial charge in [-0.2, -0.15) is 0 Å². The zero-order valence-corrected chi connectivity index (χ0v) is 12.4. The molecule has 1 aliphatic rings. The van der Waals surface area contributed by atoms with Crippen LogP contribution in [0, 0.1) is 5.82 Å². The number of benzene rings is 2. The van der Waals surface area contributed by atoms with E-state index in [0.29, 0.717) is 12.5 Å². The Balaban J connectivity index is 1.72. The molecule has 0 aliphatic heterocycles. The summed E-state index contributed by atoms with van der Waals surface area (Å²) >= 11 is 0. The average molecular weight is 285 g/mol. The third kappa shape index (κ3) is 2.79. The van der Waals surface area contributed by atoms with Gasteiger partial charge in [-0.1, -0.05) is 24.3 Å². The zero-order valence-electron chi connectivity index (χ0n) is 12.4. The van der Waals surface area contributed by atoms with Gasteiger partial charge < -0.3 is 10.1 Å². The van der Waals surface area contributed by atoms with E-state index in [1.165, 1.54) is 17.2 Å². The van der Waals surface area contributed by atoms with Gasteiger partial charge in [0, 0.05) is 17.5 Å². The van der Waals surface area contributed by atoms with Gasteiger partial charge >= 0.3 is 0 Å². The second-order valence-corrected chi connectivity index (χ2v) is 5.60. The highest BCUT2D eigenvalue weighted by molar-refractivity contribution is 5.41. The Kier molecular flexibility index (Phi) is 3.93. The van der Waals surface area contributed by atoms with E-state index in [1.807, 2.05) is 14.0 Å². The molecule has 3 heteroatoms. The van der Waals surface area contributed by atoms with E-state index in [4.69, 9.17) is 4.74 Å². The van der Waals surface area contributed by atoms with Gasteiger partial charge in [0.15, 0.2) is 0 Å². The average Bonchev–Trinajstić information content (AvgIpc) is 2.48. The van der Waals surface area contributed by atoms with E-state index in [1.54, 1.807) is 12.1 Å². The molecule has 1 aliphatic carbocycles. The summed E-state index contributed by atoms with van der Waals surface area (Å²) < 4.78 is 19.4. The first-order chi connectivity index (χ1) is 10.2. The van der Waals surface area contributed by atoms with E-state index in [9.17, 15) is 4.39 Å². The van der Waals surface area contributed by atoms with Gasteiger partial charge in [0.2, 0.25) is 0 Å². The normalized spacial score (nSPS) is 17.8. The number of hydrogen-bond donors (Lipinski definition) is 1. The highest BCUT2D eigenvalue weighted by Gasteiger charge is 2.26. The molecule has 3 rings (SSSR count). The van der Waals surface area contributed by atoms with Gasteiger partial charge in [-0.3, -0.25) is 0 Å². The minimum atomic E-state index is -0.228. The lowest BCUT2D eigenvalue weighted by molar-refractivity contribution is 0.270. The minimum absolute atomic E-state index is 0.0596. The molecule has 0 bridgehead atoms. The fourth-order valence-corrected chi connectivity index (χ4v) is 2.85. The van der Waals surface area contributed by atoms with Crippen LogP contribution in [0.15, 0.2) is 42.5 Å².